The van der Waals surface area contributed by atoms with Crippen molar-refractivity contribution in [1.82, 2.24) is 9.88 Å². The van der Waals surface area contributed by atoms with Crippen LogP contribution in [0.5, 0.6) is 0 Å². The molecule has 1 saturated heterocycles. The normalized spacial score (nSPS) is 14.6. The first-order valence-corrected chi connectivity index (χ1v) is 10.2. The zero-order chi connectivity index (χ0) is 20.1. The van der Waals surface area contributed by atoms with Gasteiger partial charge in [0.25, 0.3) is 5.91 Å². The van der Waals surface area contributed by atoms with Crippen LogP contribution in [0.4, 0.5) is 5.69 Å². The van der Waals surface area contributed by atoms with Crippen LogP contribution in [0.1, 0.15) is 47.4 Å². The number of pyridine rings is 1. The molecule has 1 unspecified atom stereocenters. The summed E-state index contributed by atoms with van der Waals surface area (Å²) in [6.45, 7) is 4.89. The molecule has 1 fully saturated rings. The summed E-state index contributed by atoms with van der Waals surface area (Å²) in [6.07, 6.45) is 3.69. The largest absolute Gasteiger partial charge is 0.339 e. The Bertz CT molecular complexity index is 859. The minimum absolute atomic E-state index is 0.0154. The molecule has 0 spiro atoms. The van der Waals surface area contributed by atoms with E-state index in [2.05, 4.69) is 10.3 Å². The maximum Gasteiger partial charge on any atom is 0.255 e. The number of carbonyl (C=O) groups is 3. The molecule has 2 amide bonds. The Balaban J connectivity index is 1.60. The first-order valence-electron chi connectivity index (χ1n) is 9.28. The number of anilines is 1. The molecule has 0 aliphatic carbocycles. The summed E-state index contributed by atoms with van der Waals surface area (Å²) >= 11 is 1.36. The minimum Gasteiger partial charge on any atom is -0.339 e. The Hall–Kier alpha value is -2.67. The van der Waals surface area contributed by atoms with Crippen LogP contribution >= 0.6 is 11.8 Å². The highest BCUT2D eigenvalue weighted by atomic mass is 32.2. The molecule has 6 nitrogen and oxygen atoms in total. The molecule has 1 atom stereocenters. The highest BCUT2D eigenvalue weighted by molar-refractivity contribution is 8.00. The number of benzene rings is 1. The van der Waals surface area contributed by atoms with Gasteiger partial charge in [0.2, 0.25) is 5.91 Å². The number of carbonyl (C=O) groups excluding carboxylic acids is 3. The summed E-state index contributed by atoms with van der Waals surface area (Å²) in [5.41, 5.74) is 1.82. The zero-order valence-electron chi connectivity index (χ0n) is 16.0. The van der Waals surface area contributed by atoms with Gasteiger partial charge in [-0.05, 0) is 56.2 Å². The van der Waals surface area contributed by atoms with Crippen LogP contribution in [0, 0.1) is 0 Å². The molecular weight excluding hydrogens is 374 g/mol. The second-order valence-electron chi connectivity index (χ2n) is 6.77. The van der Waals surface area contributed by atoms with Crippen molar-refractivity contribution in [2.75, 3.05) is 18.4 Å². The third-order valence-electron chi connectivity index (χ3n) is 4.53. The van der Waals surface area contributed by atoms with Crippen LogP contribution in [-0.4, -0.2) is 45.8 Å². The van der Waals surface area contributed by atoms with Gasteiger partial charge in [0, 0.05) is 37.5 Å². The molecule has 2 aromatic rings. The molecule has 0 radical (unpaired) electrons. The van der Waals surface area contributed by atoms with Gasteiger partial charge in [0.15, 0.2) is 5.78 Å². The Kier molecular flexibility index (Phi) is 6.46. The van der Waals surface area contributed by atoms with Crippen molar-refractivity contribution in [3.05, 3.63) is 53.7 Å². The lowest BCUT2D eigenvalue weighted by atomic mass is 10.1. The van der Waals surface area contributed by atoms with Gasteiger partial charge in [-0.1, -0.05) is 11.8 Å². The van der Waals surface area contributed by atoms with Crippen molar-refractivity contribution >= 4 is 35.0 Å². The van der Waals surface area contributed by atoms with Gasteiger partial charge in [-0.2, -0.15) is 0 Å². The minimum atomic E-state index is -0.320. The number of nitrogens with one attached hydrogen (secondary N) is 1. The van der Waals surface area contributed by atoms with Gasteiger partial charge < -0.3 is 10.2 Å². The van der Waals surface area contributed by atoms with E-state index in [0.717, 1.165) is 25.9 Å². The molecule has 1 aromatic heterocycles. The Morgan fingerprint density at radius 2 is 1.68 bits per heavy atom. The second-order valence-corrected chi connectivity index (χ2v) is 8.13. The van der Waals surface area contributed by atoms with E-state index < -0.39 is 0 Å². The molecule has 1 aliphatic heterocycles. The van der Waals surface area contributed by atoms with E-state index in [0.29, 0.717) is 21.8 Å². The Morgan fingerprint density at radius 3 is 2.25 bits per heavy atom. The average molecular weight is 398 g/mol. The molecule has 7 heteroatoms. The van der Waals surface area contributed by atoms with E-state index >= 15 is 0 Å². The topological polar surface area (TPSA) is 79.4 Å². The van der Waals surface area contributed by atoms with Crippen LogP contribution in [0.15, 0.2) is 47.6 Å². The van der Waals surface area contributed by atoms with E-state index in [1.807, 2.05) is 11.8 Å². The van der Waals surface area contributed by atoms with E-state index in [-0.39, 0.29) is 22.8 Å². The second kappa shape index (κ2) is 9.01. The lowest BCUT2D eigenvalue weighted by Gasteiger charge is -2.15. The average Bonchev–Trinajstić information content (AvgIpc) is 3.22. The molecule has 1 aromatic carbocycles. The number of amides is 2. The van der Waals surface area contributed by atoms with Crippen LogP contribution in [0.25, 0.3) is 0 Å². The lowest BCUT2D eigenvalue weighted by molar-refractivity contribution is -0.114. The fourth-order valence-electron chi connectivity index (χ4n) is 3.07. The summed E-state index contributed by atoms with van der Waals surface area (Å²) in [4.78, 5) is 42.3. The molecule has 2 heterocycles. The van der Waals surface area contributed by atoms with Gasteiger partial charge in [-0.15, -0.1) is 0 Å². The van der Waals surface area contributed by atoms with Crippen molar-refractivity contribution in [2.45, 2.75) is 37.0 Å². The summed E-state index contributed by atoms with van der Waals surface area (Å²) in [7, 11) is 0. The zero-order valence-corrected chi connectivity index (χ0v) is 16.8. The van der Waals surface area contributed by atoms with Gasteiger partial charge >= 0.3 is 0 Å². The number of hydrogen-bond donors (Lipinski definition) is 1. The van der Waals surface area contributed by atoms with Gasteiger partial charge in [0.05, 0.1) is 15.8 Å². The standard InChI is InChI=1S/C21H23N3O3S/c1-14(20(26)16-5-8-18(9-6-16)23-15(2)25)28-19-10-7-17(13-22-19)21(27)24-11-3-4-12-24/h5-10,13-14H,3-4,11-12H2,1-2H3,(H,23,25). The van der Waals surface area contributed by atoms with Crippen molar-refractivity contribution < 1.29 is 14.4 Å². The number of likely N-dealkylation sites (tertiary alicyclic amines) is 1. The number of thioether (sulfide) groups is 1. The predicted molar refractivity (Wildman–Crippen MR) is 110 cm³/mol. The molecule has 0 bridgehead atoms. The predicted octanol–water partition coefficient (Wildman–Crippen LogP) is 3.64. The number of nitrogens with zero attached hydrogens (tertiary/aromatic N) is 2. The summed E-state index contributed by atoms with van der Waals surface area (Å²) in [6, 6.07) is 10.4. The van der Waals surface area contributed by atoms with Crippen LogP contribution in [-0.2, 0) is 4.79 Å². The number of rotatable bonds is 6. The van der Waals surface area contributed by atoms with Gasteiger partial charge in [-0.3, -0.25) is 14.4 Å². The third-order valence-corrected chi connectivity index (χ3v) is 5.58. The smallest absolute Gasteiger partial charge is 0.255 e. The van der Waals surface area contributed by atoms with Gasteiger partial charge in [-0.25, -0.2) is 4.98 Å². The quantitative estimate of drug-likeness (QED) is 0.595. The molecule has 146 valence electrons. The monoisotopic (exact) mass is 397 g/mol. The highest BCUT2D eigenvalue weighted by Gasteiger charge is 2.21. The molecule has 1 N–H and O–H groups in total. The van der Waals surface area contributed by atoms with Crippen molar-refractivity contribution in [2.24, 2.45) is 0 Å². The van der Waals surface area contributed by atoms with Gasteiger partial charge in [0.1, 0.15) is 0 Å². The Labute approximate surface area is 168 Å². The van der Waals surface area contributed by atoms with Crippen LogP contribution < -0.4 is 5.32 Å². The molecule has 1 aliphatic rings. The number of ketones is 1. The van der Waals surface area contributed by atoms with Crippen molar-refractivity contribution in [3.8, 4) is 0 Å². The molecule has 28 heavy (non-hydrogen) atoms. The molecular formula is C21H23N3O3S. The molecule has 3 rings (SSSR count). The van der Waals surface area contributed by atoms with E-state index in [4.69, 9.17) is 0 Å². The van der Waals surface area contributed by atoms with E-state index in [9.17, 15) is 14.4 Å². The van der Waals surface area contributed by atoms with Crippen molar-refractivity contribution in [1.29, 1.82) is 0 Å². The Morgan fingerprint density at radius 1 is 1.04 bits per heavy atom. The first kappa shape index (κ1) is 20.1. The fraction of sp³-hybridized carbons (Fsp3) is 0.333. The van der Waals surface area contributed by atoms with E-state index in [1.54, 1.807) is 42.6 Å². The first-order chi connectivity index (χ1) is 13.4. The summed E-state index contributed by atoms with van der Waals surface area (Å²) in [5.74, 6) is -0.149. The number of hydrogen-bond acceptors (Lipinski definition) is 5. The van der Waals surface area contributed by atoms with E-state index in [1.165, 1.54) is 18.7 Å². The highest BCUT2D eigenvalue weighted by Crippen LogP contribution is 2.25. The van der Waals surface area contributed by atoms with Crippen molar-refractivity contribution in [3.63, 3.8) is 0 Å². The fourth-order valence-corrected chi connectivity index (χ4v) is 3.94. The summed E-state index contributed by atoms with van der Waals surface area (Å²) in [5, 5.41) is 3.06. The third kappa shape index (κ3) is 4.98. The van der Waals surface area contributed by atoms with Crippen LogP contribution in [0.3, 0.4) is 0 Å². The maximum atomic E-state index is 12.6. The summed E-state index contributed by atoms with van der Waals surface area (Å²) < 4.78 is 0. The molecule has 0 saturated carbocycles. The van der Waals surface area contributed by atoms with Crippen LogP contribution in [0.2, 0.25) is 0 Å². The lowest BCUT2D eigenvalue weighted by Crippen LogP contribution is -2.27. The number of Topliss-reactive ketones (excluding diaryl/α,β-unsaturated/α-hetero) is 1. The number of aromatic nitrogens is 1. The SMILES string of the molecule is CC(=O)Nc1ccc(C(=O)C(C)Sc2ccc(C(=O)N3CCCC3)cn2)cc1. The maximum absolute atomic E-state index is 12.6.